The summed E-state index contributed by atoms with van der Waals surface area (Å²) in [5.74, 6) is -1.09. The zero-order chi connectivity index (χ0) is 19.4. The van der Waals surface area contributed by atoms with Gasteiger partial charge >= 0.3 is 5.97 Å². The predicted molar refractivity (Wildman–Crippen MR) is 99.0 cm³/mol. The molecule has 2 aliphatic rings. The number of hydrogen-bond acceptors (Lipinski definition) is 6. The fraction of sp³-hybridized carbons (Fsp3) is 0.500. The number of nitrogens with zero attached hydrogens (tertiary/aromatic N) is 1. The topological polar surface area (TPSA) is 110 Å². The largest absolute Gasteiger partial charge is 0.456 e. The minimum absolute atomic E-state index is 0.000164. The maximum atomic E-state index is 11.9. The molecule has 1 aromatic carbocycles. The summed E-state index contributed by atoms with van der Waals surface area (Å²) in [4.78, 5) is 37.1. The average Bonchev–Trinajstić information content (AvgIpc) is 3.19. The molecule has 1 atom stereocenters. The summed E-state index contributed by atoms with van der Waals surface area (Å²) in [5, 5.41) is 2.62. The third-order valence-corrected chi connectivity index (χ3v) is 6.52. The summed E-state index contributed by atoms with van der Waals surface area (Å²) in [6.07, 6.45) is 1.85. The zero-order valence-corrected chi connectivity index (χ0v) is 15.7. The molecule has 0 aromatic heterocycles. The number of esters is 1. The van der Waals surface area contributed by atoms with E-state index in [1.165, 1.54) is 0 Å². The quantitative estimate of drug-likeness (QED) is 0.724. The summed E-state index contributed by atoms with van der Waals surface area (Å²) in [5.41, 5.74) is 1.32. The second-order valence-electron chi connectivity index (χ2n) is 6.88. The number of benzene rings is 1. The molecule has 0 aliphatic carbocycles. The van der Waals surface area contributed by atoms with E-state index in [-0.39, 0.29) is 29.8 Å². The van der Waals surface area contributed by atoms with Crippen LogP contribution < -0.4 is 10.2 Å². The molecule has 1 N–H and O–H groups in total. The van der Waals surface area contributed by atoms with E-state index in [0.717, 1.165) is 12.1 Å². The molecular formula is C18H22N2O6S. The van der Waals surface area contributed by atoms with E-state index in [0.29, 0.717) is 25.1 Å². The van der Waals surface area contributed by atoms with Gasteiger partial charge in [0.15, 0.2) is 16.4 Å². The highest BCUT2D eigenvalue weighted by atomic mass is 32.2. The molecule has 0 spiro atoms. The van der Waals surface area contributed by atoms with Crippen LogP contribution in [-0.2, 0) is 29.0 Å². The Bertz CT molecular complexity index is 834. The van der Waals surface area contributed by atoms with Crippen LogP contribution in [0.1, 0.15) is 25.7 Å². The van der Waals surface area contributed by atoms with Crippen LogP contribution in [0.25, 0.3) is 0 Å². The summed E-state index contributed by atoms with van der Waals surface area (Å²) in [6.45, 7) is 0.271. The Labute approximate surface area is 157 Å². The van der Waals surface area contributed by atoms with Gasteiger partial charge in [-0.2, -0.15) is 0 Å². The van der Waals surface area contributed by atoms with E-state index < -0.39 is 28.3 Å². The van der Waals surface area contributed by atoms with Gasteiger partial charge in [-0.1, -0.05) is 0 Å². The Morgan fingerprint density at radius 1 is 1.22 bits per heavy atom. The molecule has 8 nitrogen and oxygen atoms in total. The fourth-order valence-corrected chi connectivity index (χ4v) is 5.18. The van der Waals surface area contributed by atoms with Gasteiger partial charge < -0.3 is 15.0 Å². The van der Waals surface area contributed by atoms with Gasteiger partial charge in [0.05, 0.1) is 11.5 Å². The van der Waals surface area contributed by atoms with Gasteiger partial charge in [0, 0.05) is 30.8 Å². The molecular weight excluding hydrogens is 372 g/mol. The Morgan fingerprint density at radius 2 is 1.96 bits per heavy atom. The number of carbonyl (C=O) groups excluding carboxylic acids is 3. The van der Waals surface area contributed by atoms with Crippen molar-refractivity contribution in [1.82, 2.24) is 0 Å². The second kappa shape index (κ2) is 8.08. The highest BCUT2D eigenvalue weighted by Crippen LogP contribution is 2.23. The van der Waals surface area contributed by atoms with E-state index in [1.54, 1.807) is 29.2 Å². The Morgan fingerprint density at radius 3 is 2.56 bits per heavy atom. The minimum atomic E-state index is -3.04. The second-order valence-corrected chi connectivity index (χ2v) is 9.11. The summed E-state index contributed by atoms with van der Waals surface area (Å²) < 4.78 is 27.7. The van der Waals surface area contributed by atoms with Crippen molar-refractivity contribution >= 4 is 39.0 Å². The molecule has 3 rings (SSSR count). The van der Waals surface area contributed by atoms with Crippen molar-refractivity contribution in [2.24, 2.45) is 5.92 Å². The first-order chi connectivity index (χ1) is 12.8. The molecule has 2 heterocycles. The van der Waals surface area contributed by atoms with Crippen molar-refractivity contribution in [3.8, 4) is 0 Å². The lowest BCUT2D eigenvalue weighted by Crippen LogP contribution is -2.24. The molecule has 1 aromatic rings. The molecule has 0 unspecified atom stereocenters. The minimum Gasteiger partial charge on any atom is -0.456 e. The molecule has 27 heavy (non-hydrogen) atoms. The van der Waals surface area contributed by atoms with Gasteiger partial charge in [0.25, 0.3) is 5.91 Å². The van der Waals surface area contributed by atoms with E-state index in [9.17, 15) is 22.8 Å². The van der Waals surface area contributed by atoms with Crippen molar-refractivity contribution in [1.29, 1.82) is 0 Å². The van der Waals surface area contributed by atoms with Crippen molar-refractivity contribution in [2.75, 3.05) is 34.9 Å². The van der Waals surface area contributed by atoms with Crippen molar-refractivity contribution in [3.63, 3.8) is 0 Å². The molecule has 2 fully saturated rings. The van der Waals surface area contributed by atoms with E-state index in [4.69, 9.17) is 4.74 Å². The maximum absolute atomic E-state index is 11.9. The highest BCUT2D eigenvalue weighted by molar-refractivity contribution is 7.91. The van der Waals surface area contributed by atoms with Gasteiger partial charge in [0.1, 0.15) is 0 Å². The van der Waals surface area contributed by atoms with Crippen LogP contribution in [0.5, 0.6) is 0 Å². The molecule has 0 saturated carbocycles. The van der Waals surface area contributed by atoms with Crippen molar-refractivity contribution < 1.29 is 27.5 Å². The number of rotatable bonds is 6. The number of hydrogen-bond donors (Lipinski definition) is 1. The normalized spacial score (nSPS) is 21.3. The molecule has 9 heteroatoms. The maximum Gasteiger partial charge on any atom is 0.306 e. The lowest BCUT2D eigenvalue weighted by molar-refractivity contribution is -0.148. The van der Waals surface area contributed by atoms with Crippen LogP contribution in [0.4, 0.5) is 11.4 Å². The third-order valence-electron chi connectivity index (χ3n) is 4.68. The molecule has 2 saturated heterocycles. The summed E-state index contributed by atoms with van der Waals surface area (Å²) >= 11 is 0. The molecule has 0 radical (unpaired) electrons. The summed E-state index contributed by atoms with van der Waals surface area (Å²) in [7, 11) is -3.04. The molecule has 2 amide bonds. The zero-order valence-electron chi connectivity index (χ0n) is 14.8. The van der Waals surface area contributed by atoms with Crippen LogP contribution in [0.3, 0.4) is 0 Å². The number of carbonyl (C=O) groups is 3. The third kappa shape index (κ3) is 5.29. The van der Waals surface area contributed by atoms with Crippen LogP contribution in [0.2, 0.25) is 0 Å². The highest BCUT2D eigenvalue weighted by Gasteiger charge is 2.30. The number of nitrogens with one attached hydrogen (secondary N) is 1. The lowest BCUT2D eigenvalue weighted by atomic mass is 10.1. The predicted octanol–water partition coefficient (Wildman–Crippen LogP) is 1.12. The van der Waals surface area contributed by atoms with Crippen molar-refractivity contribution in [2.45, 2.75) is 25.7 Å². The van der Waals surface area contributed by atoms with Crippen molar-refractivity contribution in [3.05, 3.63) is 24.3 Å². The standard InChI is InChI=1S/C18H22N2O6S/c21-16(11-26-18(23)10-13-7-9-27(24,25)12-13)19-14-3-5-15(6-4-14)20-8-1-2-17(20)22/h3-6,13H,1-2,7-12H2,(H,19,21)/t13-/m1/s1. The summed E-state index contributed by atoms with van der Waals surface area (Å²) in [6, 6.07) is 6.88. The van der Waals surface area contributed by atoms with Gasteiger partial charge in [-0.3, -0.25) is 14.4 Å². The Balaban J connectivity index is 1.42. The number of amides is 2. The number of anilines is 2. The van der Waals surface area contributed by atoms with E-state index in [1.807, 2.05) is 0 Å². The number of ether oxygens (including phenoxy) is 1. The smallest absolute Gasteiger partial charge is 0.306 e. The van der Waals surface area contributed by atoms with Gasteiger partial charge in [-0.25, -0.2) is 8.42 Å². The first-order valence-electron chi connectivity index (χ1n) is 8.89. The monoisotopic (exact) mass is 394 g/mol. The molecule has 146 valence electrons. The fourth-order valence-electron chi connectivity index (χ4n) is 3.32. The average molecular weight is 394 g/mol. The SMILES string of the molecule is O=C(COC(=O)C[C@H]1CCS(=O)(=O)C1)Nc1ccc(N2CCCC2=O)cc1. The van der Waals surface area contributed by atoms with Crippen LogP contribution in [0.15, 0.2) is 24.3 Å². The van der Waals surface area contributed by atoms with Gasteiger partial charge in [-0.15, -0.1) is 0 Å². The van der Waals surface area contributed by atoms with Gasteiger partial charge in [-0.05, 0) is 43.0 Å². The van der Waals surface area contributed by atoms with Crippen LogP contribution >= 0.6 is 0 Å². The van der Waals surface area contributed by atoms with Gasteiger partial charge in [0.2, 0.25) is 5.91 Å². The Kier molecular flexibility index (Phi) is 5.79. The van der Waals surface area contributed by atoms with E-state index >= 15 is 0 Å². The lowest BCUT2D eigenvalue weighted by Gasteiger charge is -2.16. The van der Waals surface area contributed by atoms with Crippen LogP contribution in [-0.4, -0.2) is 50.9 Å². The first-order valence-corrected chi connectivity index (χ1v) is 10.7. The van der Waals surface area contributed by atoms with Crippen LogP contribution in [0, 0.1) is 5.92 Å². The number of sulfone groups is 1. The molecule has 2 aliphatic heterocycles. The van der Waals surface area contributed by atoms with E-state index in [2.05, 4.69) is 5.32 Å². The first kappa shape index (κ1) is 19.3. The Hall–Kier alpha value is -2.42. The molecule has 0 bridgehead atoms.